The molecule has 1 fully saturated rings. The van der Waals surface area contributed by atoms with E-state index in [0.29, 0.717) is 37.7 Å². The highest BCUT2D eigenvalue weighted by Gasteiger charge is 2.29. The molecular formula is C22H21F2N3O3. The third kappa shape index (κ3) is 5.32. The molecule has 156 valence electrons. The third-order valence-electron chi connectivity index (χ3n) is 5.01. The van der Waals surface area contributed by atoms with E-state index in [0.717, 1.165) is 12.1 Å². The van der Waals surface area contributed by atoms with Gasteiger partial charge in [0.1, 0.15) is 23.4 Å². The van der Waals surface area contributed by atoms with Crippen LogP contribution in [0.15, 0.2) is 48.5 Å². The molecular weight excluding hydrogens is 392 g/mol. The monoisotopic (exact) mass is 413 g/mol. The Morgan fingerprint density at radius 3 is 2.50 bits per heavy atom. The second-order valence-electron chi connectivity index (χ2n) is 6.99. The average molecular weight is 413 g/mol. The summed E-state index contributed by atoms with van der Waals surface area (Å²) in [5, 5.41) is 11.8. The van der Waals surface area contributed by atoms with E-state index in [9.17, 15) is 23.6 Å². The summed E-state index contributed by atoms with van der Waals surface area (Å²) in [5.41, 5.74) is -0.0853. The molecule has 3 rings (SSSR count). The minimum Gasteiger partial charge on any atom is -0.484 e. The molecule has 6 nitrogen and oxygen atoms in total. The Hall–Kier alpha value is -3.47. The Kier molecular flexibility index (Phi) is 6.96. The smallest absolute Gasteiger partial charge is 0.260 e. The zero-order valence-corrected chi connectivity index (χ0v) is 16.2. The van der Waals surface area contributed by atoms with Crippen molar-refractivity contribution in [1.29, 1.82) is 5.26 Å². The Balaban J connectivity index is 1.49. The lowest BCUT2D eigenvalue weighted by Crippen LogP contribution is -2.45. The van der Waals surface area contributed by atoms with Crippen LogP contribution in [0.2, 0.25) is 0 Å². The van der Waals surface area contributed by atoms with Crippen LogP contribution < -0.4 is 10.1 Å². The van der Waals surface area contributed by atoms with E-state index < -0.39 is 29.5 Å². The quantitative estimate of drug-likeness (QED) is 0.789. The summed E-state index contributed by atoms with van der Waals surface area (Å²) in [6, 6.07) is 12.5. The maximum absolute atomic E-state index is 13.9. The topological polar surface area (TPSA) is 82.4 Å². The van der Waals surface area contributed by atoms with E-state index in [2.05, 4.69) is 5.32 Å². The molecule has 1 heterocycles. The number of rotatable bonds is 6. The van der Waals surface area contributed by atoms with E-state index in [1.54, 1.807) is 17.0 Å². The number of likely N-dealkylation sites (tertiary alicyclic amines) is 1. The standard InChI is InChI=1S/C22H21F2N3O3/c23-16-6-7-18(19(24)12-16)20(13-25)26-22(29)15-8-10-27(11-9-15)21(28)14-30-17-4-2-1-3-5-17/h1-7,12,15,20H,8-11,14H2,(H,26,29). The molecule has 1 N–H and O–H groups in total. The molecule has 1 saturated heterocycles. The van der Waals surface area contributed by atoms with Crippen LogP contribution in [0.4, 0.5) is 8.78 Å². The van der Waals surface area contributed by atoms with Gasteiger partial charge in [-0.3, -0.25) is 9.59 Å². The molecule has 0 radical (unpaired) electrons. The van der Waals surface area contributed by atoms with Gasteiger partial charge in [0.05, 0.1) is 6.07 Å². The number of carbonyl (C=O) groups excluding carboxylic acids is 2. The Morgan fingerprint density at radius 1 is 1.17 bits per heavy atom. The molecule has 2 aromatic rings. The molecule has 1 aliphatic heterocycles. The van der Waals surface area contributed by atoms with Gasteiger partial charge in [0.15, 0.2) is 6.61 Å². The van der Waals surface area contributed by atoms with E-state index in [1.807, 2.05) is 24.3 Å². The molecule has 1 atom stereocenters. The van der Waals surface area contributed by atoms with Gasteiger partial charge in [-0.25, -0.2) is 8.78 Å². The van der Waals surface area contributed by atoms with Crippen LogP contribution in [0.25, 0.3) is 0 Å². The molecule has 8 heteroatoms. The number of benzene rings is 2. The van der Waals surface area contributed by atoms with Gasteiger partial charge in [0.25, 0.3) is 5.91 Å². The summed E-state index contributed by atoms with van der Waals surface area (Å²) in [6.45, 7) is 0.690. The fraction of sp³-hybridized carbons (Fsp3) is 0.318. The summed E-state index contributed by atoms with van der Waals surface area (Å²) in [6.07, 6.45) is 0.847. The van der Waals surface area contributed by atoms with Crippen LogP contribution >= 0.6 is 0 Å². The van der Waals surface area contributed by atoms with Crippen molar-refractivity contribution in [2.45, 2.75) is 18.9 Å². The van der Waals surface area contributed by atoms with Gasteiger partial charge in [-0.2, -0.15) is 5.26 Å². The van der Waals surface area contributed by atoms with Crippen molar-refractivity contribution in [2.75, 3.05) is 19.7 Å². The molecule has 0 spiro atoms. The van der Waals surface area contributed by atoms with Crippen molar-refractivity contribution in [2.24, 2.45) is 5.92 Å². The second-order valence-corrected chi connectivity index (χ2v) is 6.99. The highest BCUT2D eigenvalue weighted by molar-refractivity contribution is 5.81. The zero-order chi connectivity index (χ0) is 21.5. The first-order chi connectivity index (χ1) is 14.5. The van der Waals surface area contributed by atoms with Crippen LogP contribution in [0.5, 0.6) is 5.75 Å². The van der Waals surface area contributed by atoms with E-state index in [4.69, 9.17) is 4.74 Å². The Bertz CT molecular complexity index is 938. The lowest BCUT2D eigenvalue weighted by molar-refractivity contribution is -0.137. The van der Waals surface area contributed by atoms with Crippen LogP contribution in [-0.4, -0.2) is 36.4 Å². The number of hydrogen-bond acceptors (Lipinski definition) is 4. The van der Waals surface area contributed by atoms with E-state index in [1.165, 1.54) is 0 Å². The maximum Gasteiger partial charge on any atom is 0.260 e. The van der Waals surface area contributed by atoms with Crippen molar-refractivity contribution in [3.63, 3.8) is 0 Å². The van der Waals surface area contributed by atoms with Crippen LogP contribution in [0, 0.1) is 28.9 Å². The first-order valence-electron chi connectivity index (χ1n) is 9.58. The first-order valence-corrected chi connectivity index (χ1v) is 9.58. The van der Waals surface area contributed by atoms with E-state index >= 15 is 0 Å². The fourth-order valence-electron chi connectivity index (χ4n) is 3.32. The number of nitrogens with one attached hydrogen (secondary N) is 1. The number of nitrogens with zero attached hydrogens (tertiary/aromatic N) is 2. The minimum atomic E-state index is -1.21. The Labute approximate surface area is 173 Å². The van der Waals surface area contributed by atoms with Crippen LogP contribution in [-0.2, 0) is 9.59 Å². The van der Waals surface area contributed by atoms with Crippen molar-refractivity contribution in [1.82, 2.24) is 10.2 Å². The number of ether oxygens (including phenoxy) is 1. The largest absolute Gasteiger partial charge is 0.484 e. The first kappa shape index (κ1) is 21.2. The summed E-state index contributed by atoms with van der Waals surface area (Å²) < 4.78 is 32.4. The highest BCUT2D eigenvalue weighted by atomic mass is 19.1. The number of amides is 2. The second kappa shape index (κ2) is 9.83. The predicted octanol–water partition coefficient (Wildman–Crippen LogP) is 2.96. The van der Waals surface area contributed by atoms with Crippen LogP contribution in [0.3, 0.4) is 0 Å². The summed E-state index contributed by atoms with van der Waals surface area (Å²) in [5.74, 6) is -1.99. The van der Waals surface area contributed by atoms with Gasteiger partial charge in [0, 0.05) is 30.6 Å². The number of carbonyl (C=O) groups is 2. The van der Waals surface area contributed by atoms with Crippen LogP contribution in [0.1, 0.15) is 24.4 Å². The fourth-order valence-corrected chi connectivity index (χ4v) is 3.32. The lowest BCUT2D eigenvalue weighted by Gasteiger charge is -2.31. The molecule has 2 amide bonds. The van der Waals surface area contributed by atoms with E-state index in [-0.39, 0.29) is 18.1 Å². The molecule has 30 heavy (non-hydrogen) atoms. The van der Waals surface area contributed by atoms with Gasteiger partial charge in [-0.05, 0) is 31.0 Å². The molecule has 1 unspecified atom stereocenters. The number of para-hydroxylation sites is 1. The van der Waals surface area contributed by atoms with Crippen molar-refractivity contribution in [3.05, 3.63) is 65.7 Å². The molecule has 0 aromatic heterocycles. The van der Waals surface area contributed by atoms with Crippen molar-refractivity contribution >= 4 is 11.8 Å². The van der Waals surface area contributed by atoms with Crippen molar-refractivity contribution < 1.29 is 23.1 Å². The SMILES string of the molecule is N#CC(NC(=O)C1CCN(C(=O)COc2ccccc2)CC1)c1ccc(F)cc1F. The molecule has 2 aromatic carbocycles. The lowest BCUT2D eigenvalue weighted by atomic mass is 9.95. The van der Waals surface area contributed by atoms with Gasteiger partial charge in [-0.15, -0.1) is 0 Å². The Morgan fingerprint density at radius 2 is 1.87 bits per heavy atom. The average Bonchev–Trinajstić information content (AvgIpc) is 2.77. The number of halogens is 2. The summed E-state index contributed by atoms with van der Waals surface area (Å²) >= 11 is 0. The number of nitriles is 1. The molecule has 0 saturated carbocycles. The van der Waals surface area contributed by atoms with Gasteiger partial charge < -0.3 is 15.0 Å². The maximum atomic E-state index is 13.9. The van der Waals surface area contributed by atoms with Crippen molar-refractivity contribution in [3.8, 4) is 11.8 Å². The van der Waals surface area contributed by atoms with Gasteiger partial charge in [-0.1, -0.05) is 24.3 Å². The zero-order valence-electron chi connectivity index (χ0n) is 16.2. The minimum absolute atomic E-state index is 0.0821. The highest BCUT2D eigenvalue weighted by Crippen LogP contribution is 2.22. The number of hydrogen-bond donors (Lipinski definition) is 1. The summed E-state index contributed by atoms with van der Waals surface area (Å²) in [7, 11) is 0. The predicted molar refractivity (Wildman–Crippen MR) is 104 cm³/mol. The number of piperidine rings is 1. The molecule has 1 aliphatic rings. The summed E-state index contributed by atoms with van der Waals surface area (Å²) in [4.78, 5) is 26.5. The van der Waals surface area contributed by atoms with Gasteiger partial charge >= 0.3 is 0 Å². The normalized spacial score (nSPS) is 15.2. The molecule has 0 aliphatic carbocycles. The van der Waals surface area contributed by atoms with Gasteiger partial charge in [0.2, 0.25) is 5.91 Å². The third-order valence-corrected chi connectivity index (χ3v) is 5.01. The molecule has 0 bridgehead atoms.